The van der Waals surface area contributed by atoms with Gasteiger partial charge >= 0.3 is 0 Å². The van der Waals surface area contributed by atoms with E-state index in [4.69, 9.17) is 10.5 Å². The van der Waals surface area contributed by atoms with Crippen molar-refractivity contribution in [3.8, 4) is 0 Å². The molecule has 1 aliphatic heterocycles. The molecular weight excluding hydrogens is 236 g/mol. The average Bonchev–Trinajstić information content (AvgIpc) is 2.70. The molecule has 112 valence electrons. The van der Waals surface area contributed by atoms with Crippen LogP contribution in [0, 0.1) is 5.92 Å². The maximum absolute atomic E-state index is 6.03. The molecule has 1 saturated heterocycles. The summed E-state index contributed by atoms with van der Waals surface area (Å²) in [4.78, 5) is 2.70. The molecule has 0 radical (unpaired) electrons. The van der Waals surface area contributed by atoms with E-state index in [-0.39, 0.29) is 0 Å². The van der Waals surface area contributed by atoms with E-state index in [1.54, 1.807) is 0 Å². The third-order valence-electron chi connectivity index (χ3n) is 4.86. The number of likely N-dealkylation sites (tertiary alicyclic amines) is 1. The van der Waals surface area contributed by atoms with Crippen molar-refractivity contribution >= 4 is 0 Å². The number of hydrogen-bond donors (Lipinski definition) is 1. The second kappa shape index (κ2) is 8.23. The predicted octanol–water partition coefficient (Wildman–Crippen LogP) is 2.79. The molecule has 3 heteroatoms. The van der Waals surface area contributed by atoms with Crippen LogP contribution < -0.4 is 5.73 Å². The van der Waals surface area contributed by atoms with Crippen molar-refractivity contribution in [3.05, 3.63) is 0 Å². The van der Waals surface area contributed by atoms with Gasteiger partial charge in [-0.25, -0.2) is 0 Å². The highest BCUT2D eigenvalue weighted by Crippen LogP contribution is 2.29. The van der Waals surface area contributed by atoms with Crippen molar-refractivity contribution in [2.24, 2.45) is 11.7 Å². The first-order valence-electron chi connectivity index (χ1n) is 8.40. The number of rotatable bonds is 5. The molecule has 0 spiro atoms. The fraction of sp³-hybridized carbons (Fsp3) is 1.00. The Morgan fingerprint density at radius 1 is 1.11 bits per heavy atom. The minimum Gasteiger partial charge on any atom is -0.377 e. The highest BCUT2D eigenvalue weighted by molar-refractivity contribution is 4.86. The highest BCUT2D eigenvalue weighted by Gasteiger charge is 2.31. The van der Waals surface area contributed by atoms with Gasteiger partial charge in [0, 0.05) is 19.2 Å². The lowest BCUT2D eigenvalue weighted by atomic mass is 9.91. The van der Waals surface area contributed by atoms with Crippen molar-refractivity contribution < 1.29 is 4.74 Å². The molecule has 3 atom stereocenters. The zero-order valence-corrected chi connectivity index (χ0v) is 12.7. The number of piperidine rings is 1. The van der Waals surface area contributed by atoms with E-state index in [0.717, 1.165) is 32.2 Å². The molecule has 3 nitrogen and oxygen atoms in total. The average molecular weight is 268 g/mol. The van der Waals surface area contributed by atoms with Crippen LogP contribution in [0.2, 0.25) is 0 Å². The molecule has 3 unspecified atom stereocenters. The number of ether oxygens (including phenoxy) is 1. The Bertz CT molecular complexity index is 247. The Hall–Kier alpha value is -0.120. The van der Waals surface area contributed by atoms with Crippen LogP contribution >= 0.6 is 0 Å². The van der Waals surface area contributed by atoms with Crippen LogP contribution in [0.1, 0.15) is 58.3 Å². The first-order chi connectivity index (χ1) is 9.35. The summed E-state index contributed by atoms with van der Waals surface area (Å²) in [6.07, 6.45) is 11.0. The largest absolute Gasteiger partial charge is 0.377 e. The van der Waals surface area contributed by atoms with Crippen LogP contribution in [0.25, 0.3) is 0 Å². The van der Waals surface area contributed by atoms with Crippen molar-refractivity contribution in [2.45, 2.75) is 70.4 Å². The van der Waals surface area contributed by atoms with Gasteiger partial charge in [0.1, 0.15) is 0 Å². The fourth-order valence-electron chi connectivity index (χ4n) is 3.81. The van der Waals surface area contributed by atoms with Gasteiger partial charge in [-0.1, -0.05) is 26.2 Å². The van der Waals surface area contributed by atoms with Crippen molar-refractivity contribution in [3.63, 3.8) is 0 Å². The van der Waals surface area contributed by atoms with E-state index in [1.165, 1.54) is 51.5 Å². The summed E-state index contributed by atoms with van der Waals surface area (Å²) in [6, 6.07) is 0.723. The Morgan fingerprint density at radius 2 is 1.95 bits per heavy atom. The van der Waals surface area contributed by atoms with Gasteiger partial charge in [-0.15, -0.1) is 0 Å². The van der Waals surface area contributed by atoms with Crippen molar-refractivity contribution in [2.75, 3.05) is 26.2 Å². The van der Waals surface area contributed by atoms with E-state index >= 15 is 0 Å². The van der Waals surface area contributed by atoms with Gasteiger partial charge in [-0.05, 0) is 51.1 Å². The Morgan fingerprint density at radius 3 is 2.74 bits per heavy atom. The van der Waals surface area contributed by atoms with Gasteiger partial charge in [0.15, 0.2) is 0 Å². The summed E-state index contributed by atoms with van der Waals surface area (Å²) in [6.45, 7) is 6.37. The van der Waals surface area contributed by atoms with Crippen LogP contribution in [-0.4, -0.2) is 43.3 Å². The Balaban J connectivity index is 1.90. The number of nitrogens with zero attached hydrogens (tertiary/aromatic N) is 1. The lowest BCUT2D eigenvalue weighted by Gasteiger charge is -2.41. The Kier molecular flexibility index (Phi) is 6.62. The first-order valence-corrected chi connectivity index (χ1v) is 8.40. The molecule has 2 aliphatic rings. The minimum absolute atomic E-state index is 0.468. The van der Waals surface area contributed by atoms with Crippen LogP contribution in [0.15, 0.2) is 0 Å². The van der Waals surface area contributed by atoms with Gasteiger partial charge in [-0.2, -0.15) is 0 Å². The summed E-state index contributed by atoms with van der Waals surface area (Å²) < 4.78 is 5.98. The van der Waals surface area contributed by atoms with E-state index in [2.05, 4.69) is 11.8 Å². The maximum Gasteiger partial charge on any atom is 0.0702 e. The second-order valence-electron chi connectivity index (χ2n) is 6.33. The van der Waals surface area contributed by atoms with Crippen LogP contribution in [0.3, 0.4) is 0 Å². The zero-order valence-electron chi connectivity index (χ0n) is 12.7. The van der Waals surface area contributed by atoms with Crippen molar-refractivity contribution in [1.82, 2.24) is 4.90 Å². The monoisotopic (exact) mass is 268 g/mol. The summed E-state index contributed by atoms with van der Waals surface area (Å²) in [5.41, 5.74) is 6.03. The minimum atomic E-state index is 0.468. The topological polar surface area (TPSA) is 38.5 Å². The zero-order chi connectivity index (χ0) is 13.5. The molecule has 0 aromatic rings. The van der Waals surface area contributed by atoms with Crippen molar-refractivity contribution in [1.29, 1.82) is 0 Å². The molecule has 1 heterocycles. The molecule has 19 heavy (non-hydrogen) atoms. The van der Waals surface area contributed by atoms with Gasteiger partial charge in [-0.3, -0.25) is 4.90 Å². The molecule has 2 rings (SSSR count). The predicted molar refractivity (Wildman–Crippen MR) is 80.3 cm³/mol. The number of nitrogens with two attached hydrogens (primary N) is 1. The first kappa shape index (κ1) is 15.3. The summed E-state index contributed by atoms with van der Waals surface area (Å²) in [5.74, 6) is 0.715. The standard InChI is InChI=1S/C16H32N2O/c1-2-11-19-15-8-6-10-18(13-15)16-9-5-3-4-7-14(16)12-17/h14-16H,2-13,17H2,1H3. The van der Waals surface area contributed by atoms with E-state index < -0.39 is 0 Å². The highest BCUT2D eigenvalue weighted by atomic mass is 16.5. The molecule has 1 aliphatic carbocycles. The lowest BCUT2D eigenvalue weighted by Crippen LogP contribution is -2.49. The summed E-state index contributed by atoms with van der Waals surface area (Å²) >= 11 is 0. The molecule has 2 fully saturated rings. The molecule has 0 aromatic carbocycles. The third-order valence-corrected chi connectivity index (χ3v) is 4.86. The van der Waals surface area contributed by atoms with Gasteiger partial charge < -0.3 is 10.5 Å². The number of hydrogen-bond acceptors (Lipinski definition) is 3. The third kappa shape index (κ3) is 4.44. The maximum atomic E-state index is 6.03. The van der Waals surface area contributed by atoms with Gasteiger partial charge in [0.05, 0.1) is 6.10 Å². The molecule has 0 amide bonds. The molecule has 0 bridgehead atoms. The quantitative estimate of drug-likeness (QED) is 0.779. The Labute approximate surface area is 118 Å². The molecule has 2 N–H and O–H groups in total. The van der Waals surface area contributed by atoms with Crippen LogP contribution in [0.5, 0.6) is 0 Å². The SMILES string of the molecule is CCCOC1CCCN(C2CCCCCC2CN)C1. The van der Waals surface area contributed by atoms with Gasteiger partial charge in [0.2, 0.25) is 0 Å². The summed E-state index contributed by atoms with van der Waals surface area (Å²) in [7, 11) is 0. The molecule has 0 aromatic heterocycles. The molecular formula is C16H32N2O. The second-order valence-corrected chi connectivity index (χ2v) is 6.33. The summed E-state index contributed by atoms with van der Waals surface area (Å²) in [5, 5.41) is 0. The lowest BCUT2D eigenvalue weighted by molar-refractivity contribution is -0.0214. The van der Waals surface area contributed by atoms with Crippen LogP contribution in [0.4, 0.5) is 0 Å². The fourth-order valence-corrected chi connectivity index (χ4v) is 3.81. The smallest absolute Gasteiger partial charge is 0.0702 e. The van der Waals surface area contributed by atoms with Gasteiger partial charge in [0.25, 0.3) is 0 Å². The van der Waals surface area contributed by atoms with E-state index in [1.807, 2.05) is 0 Å². The van der Waals surface area contributed by atoms with Crippen LogP contribution in [-0.2, 0) is 4.74 Å². The van der Waals surface area contributed by atoms with E-state index in [0.29, 0.717) is 12.0 Å². The normalized spacial score (nSPS) is 34.1. The molecule has 1 saturated carbocycles. The van der Waals surface area contributed by atoms with E-state index in [9.17, 15) is 0 Å².